The summed E-state index contributed by atoms with van der Waals surface area (Å²) in [7, 11) is -1.78. The molecular weight excluding hydrogens is 404 g/mol. The molecule has 0 aliphatic carbocycles. The number of anilines is 1. The Labute approximate surface area is 176 Å². The summed E-state index contributed by atoms with van der Waals surface area (Å²) in [6.07, 6.45) is 4.67. The molecule has 3 fully saturated rings. The van der Waals surface area contributed by atoms with Crippen molar-refractivity contribution in [3.05, 3.63) is 47.8 Å². The van der Waals surface area contributed by atoms with E-state index in [4.69, 9.17) is 9.47 Å². The fourth-order valence-electron chi connectivity index (χ4n) is 4.90. The number of aromatic nitrogens is 2. The highest BCUT2D eigenvalue weighted by Crippen LogP contribution is 2.46. The van der Waals surface area contributed by atoms with Crippen molar-refractivity contribution in [3.63, 3.8) is 0 Å². The predicted molar refractivity (Wildman–Crippen MR) is 112 cm³/mol. The van der Waals surface area contributed by atoms with Crippen molar-refractivity contribution in [2.75, 3.05) is 38.2 Å². The molecule has 3 aliphatic rings. The second-order valence-electron chi connectivity index (χ2n) is 8.45. The van der Waals surface area contributed by atoms with Gasteiger partial charge in [0.2, 0.25) is 16.0 Å². The van der Waals surface area contributed by atoms with Crippen LogP contribution in [0.15, 0.2) is 36.7 Å². The summed E-state index contributed by atoms with van der Waals surface area (Å²) in [6, 6.07) is 7.75. The number of nitrogens with zero attached hydrogens (tertiary/aromatic N) is 4. The van der Waals surface area contributed by atoms with E-state index in [9.17, 15) is 8.42 Å². The van der Waals surface area contributed by atoms with Crippen molar-refractivity contribution in [3.8, 4) is 5.75 Å². The molecular formula is C21H26N4O4S. The molecule has 0 saturated carbocycles. The minimum absolute atomic E-state index is 0.104. The number of sulfonamides is 1. The Bertz CT molecular complexity index is 1030. The van der Waals surface area contributed by atoms with Crippen LogP contribution in [-0.2, 0) is 21.2 Å². The van der Waals surface area contributed by atoms with Crippen molar-refractivity contribution in [2.24, 2.45) is 0 Å². The third kappa shape index (κ3) is 3.25. The highest BCUT2D eigenvalue weighted by molar-refractivity contribution is 7.90. The number of hydrogen-bond donors (Lipinski definition) is 0. The Morgan fingerprint density at radius 2 is 1.93 bits per heavy atom. The van der Waals surface area contributed by atoms with Crippen LogP contribution in [0.3, 0.4) is 0 Å². The van der Waals surface area contributed by atoms with E-state index in [0.717, 1.165) is 16.9 Å². The predicted octanol–water partition coefficient (Wildman–Crippen LogP) is 1.40. The summed E-state index contributed by atoms with van der Waals surface area (Å²) in [4.78, 5) is 11.0. The van der Waals surface area contributed by atoms with Gasteiger partial charge in [-0.25, -0.2) is 18.4 Å². The SMILES string of the molecule is COc1ccc(CCN2C[C@]34CN(c5ncc(C)cn5)C[C@H](C[C@H]3S2(=O)=O)O4)cc1. The molecule has 5 rings (SSSR count). The topological polar surface area (TPSA) is 84.9 Å². The van der Waals surface area contributed by atoms with Crippen molar-refractivity contribution < 1.29 is 17.9 Å². The van der Waals surface area contributed by atoms with Crippen molar-refractivity contribution >= 4 is 16.0 Å². The molecule has 1 spiro atoms. The maximum atomic E-state index is 13.3. The maximum Gasteiger partial charge on any atom is 0.225 e. The van der Waals surface area contributed by atoms with Gasteiger partial charge < -0.3 is 14.4 Å². The van der Waals surface area contributed by atoms with Crippen LogP contribution in [-0.4, -0.2) is 72.9 Å². The van der Waals surface area contributed by atoms with Crippen LogP contribution in [0.4, 0.5) is 5.95 Å². The molecule has 8 nitrogen and oxygen atoms in total. The van der Waals surface area contributed by atoms with Crippen molar-refractivity contribution in [1.29, 1.82) is 0 Å². The summed E-state index contributed by atoms with van der Waals surface area (Å²) in [6.45, 7) is 3.90. The fourth-order valence-corrected chi connectivity index (χ4v) is 7.21. The van der Waals surface area contributed by atoms with Gasteiger partial charge in [-0.2, -0.15) is 4.31 Å². The highest BCUT2D eigenvalue weighted by Gasteiger charge is 2.65. The summed E-state index contributed by atoms with van der Waals surface area (Å²) in [5.74, 6) is 1.43. The first-order chi connectivity index (χ1) is 14.4. The van der Waals surface area contributed by atoms with Gasteiger partial charge in [-0.1, -0.05) is 12.1 Å². The quantitative estimate of drug-likeness (QED) is 0.709. The number of hydrogen-bond acceptors (Lipinski definition) is 7. The smallest absolute Gasteiger partial charge is 0.225 e. The van der Waals surface area contributed by atoms with Gasteiger partial charge in [0.15, 0.2) is 0 Å². The molecule has 0 radical (unpaired) electrons. The molecule has 30 heavy (non-hydrogen) atoms. The Hall–Kier alpha value is -2.23. The minimum atomic E-state index is -3.41. The molecule has 2 aromatic rings. The molecule has 0 amide bonds. The molecule has 1 aromatic heterocycles. The van der Waals surface area contributed by atoms with E-state index < -0.39 is 20.9 Å². The average Bonchev–Trinajstić information content (AvgIpc) is 3.12. The molecule has 3 saturated heterocycles. The first kappa shape index (κ1) is 19.7. The van der Waals surface area contributed by atoms with Crippen LogP contribution in [0.25, 0.3) is 0 Å². The standard InChI is InChI=1S/C21H26N4O4S/c1-15-10-22-20(23-11-15)24-12-18-9-19-21(13-24,29-18)14-25(30(19,26)27)8-7-16-3-5-17(28-2)6-4-16/h3-6,10-11,18-19H,7-9,12-14H2,1-2H3/t18-,19+,21+/m0/s1. The number of benzene rings is 1. The van der Waals surface area contributed by atoms with Crippen LogP contribution < -0.4 is 9.64 Å². The normalized spacial score (nSPS) is 29.7. The van der Waals surface area contributed by atoms with E-state index in [2.05, 4.69) is 14.9 Å². The zero-order valence-corrected chi connectivity index (χ0v) is 18.0. The van der Waals surface area contributed by atoms with Gasteiger partial charge in [0.1, 0.15) is 16.6 Å². The van der Waals surface area contributed by atoms with Gasteiger partial charge in [-0.3, -0.25) is 0 Å². The van der Waals surface area contributed by atoms with Crippen molar-refractivity contribution in [2.45, 2.75) is 36.7 Å². The van der Waals surface area contributed by atoms with E-state index in [0.29, 0.717) is 45.0 Å². The van der Waals surface area contributed by atoms with Gasteiger partial charge in [-0.05, 0) is 43.0 Å². The molecule has 3 aliphatic heterocycles. The van der Waals surface area contributed by atoms with Crippen LogP contribution in [0.1, 0.15) is 17.5 Å². The second kappa shape index (κ2) is 7.18. The van der Waals surface area contributed by atoms with Crippen LogP contribution >= 0.6 is 0 Å². The molecule has 4 heterocycles. The molecule has 0 N–H and O–H groups in total. The lowest BCUT2D eigenvalue weighted by molar-refractivity contribution is -0.0529. The molecule has 3 atom stereocenters. The second-order valence-corrected chi connectivity index (χ2v) is 10.6. The van der Waals surface area contributed by atoms with Crippen LogP contribution in [0, 0.1) is 6.92 Å². The Balaban J connectivity index is 1.33. The van der Waals surface area contributed by atoms with Gasteiger partial charge in [0.25, 0.3) is 0 Å². The molecule has 1 aromatic carbocycles. The van der Waals surface area contributed by atoms with E-state index in [1.54, 1.807) is 23.8 Å². The Kier molecular flexibility index (Phi) is 4.72. The number of rotatable bonds is 5. The Morgan fingerprint density at radius 1 is 1.20 bits per heavy atom. The van der Waals surface area contributed by atoms with Crippen LogP contribution in [0.5, 0.6) is 5.75 Å². The fraction of sp³-hybridized carbons (Fsp3) is 0.524. The van der Waals surface area contributed by atoms with E-state index in [-0.39, 0.29) is 6.10 Å². The zero-order valence-electron chi connectivity index (χ0n) is 17.2. The zero-order chi connectivity index (χ0) is 20.9. The maximum absolute atomic E-state index is 13.3. The lowest BCUT2D eigenvalue weighted by Crippen LogP contribution is -2.55. The van der Waals surface area contributed by atoms with E-state index in [1.807, 2.05) is 31.2 Å². The summed E-state index contributed by atoms with van der Waals surface area (Å²) in [5.41, 5.74) is 1.37. The number of ether oxygens (including phenoxy) is 2. The van der Waals surface area contributed by atoms with E-state index >= 15 is 0 Å². The third-order valence-electron chi connectivity index (χ3n) is 6.37. The third-order valence-corrected chi connectivity index (χ3v) is 8.74. The first-order valence-electron chi connectivity index (χ1n) is 10.2. The first-order valence-corrected chi connectivity index (χ1v) is 11.7. The monoisotopic (exact) mass is 430 g/mol. The van der Waals surface area contributed by atoms with E-state index in [1.165, 1.54) is 0 Å². The summed E-state index contributed by atoms with van der Waals surface area (Å²) in [5, 5.41) is -0.499. The Morgan fingerprint density at radius 3 is 2.63 bits per heavy atom. The molecule has 2 bridgehead atoms. The van der Waals surface area contributed by atoms with Crippen LogP contribution in [0.2, 0.25) is 0 Å². The molecule has 0 unspecified atom stereocenters. The van der Waals surface area contributed by atoms with Crippen molar-refractivity contribution in [1.82, 2.24) is 14.3 Å². The van der Waals surface area contributed by atoms with Gasteiger partial charge in [-0.15, -0.1) is 0 Å². The number of methoxy groups -OCH3 is 1. The lowest BCUT2D eigenvalue weighted by Gasteiger charge is -2.39. The molecule has 160 valence electrons. The lowest BCUT2D eigenvalue weighted by atomic mass is 9.99. The summed E-state index contributed by atoms with van der Waals surface area (Å²) < 4.78 is 39.7. The highest BCUT2D eigenvalue weighted by atomic mass is 32.2. The number of fused-ring (bicyclic) bond motifs is 1. The summed E-state index contributed by atoms with van der Waals surface area (Å²) >= 11 is 0. The van der Waals surface area contributed by atoms with Gasteiger partial charge >= 0.3 is 0 Å². The van der Waals surface area contributed by atoms with Gasteiger partial charge in [0, 0.05) is 32.0 Å². The molecule has 9 heteroatoms. The number of aryl methyl sites for hydroxylation is 1. The number of morpholine rings is 1. The largest absolute Gasteiger partial charge is 0.497 e. The minimum Gasteiger partial charge on any atom is -0.497 e. The average molecular weight is 431 g/mol. The van der Waals surface area contributed by atoms with Gasteiger partial charge in [0.05, 0.1) is 19.8 Å².